The average molecular weight is 468 g/mol. The molecule has 0 saturated heterocycles. The lowest BCUT2D eigenvalue weighted by Crippen LogP contribution is -2.29. The summed E-state index contributed by atoms with van der Waals surface area (Å²) in [6.45, 7) is 3.98. The van der Waals surface area contributed by atoms with Gasteiger partial charge in [-0.15, -0.1) is 0 Å². The van der Waals surface area contributed by atoms with Crippen LogP contribution >= 0.6 is 0 Å². The highest BCUT2D eigenvalue weighted by Crippen LogP contribution is 2.21. The second kappa shape index (κ2) is 11.0. The van der Waals surface area contributed by atoms with Crippen molar-refractivity contribution in [3.63, 3.8) is 0 Å². The average Bonchev–Trinajstić information content (AvgIpc) is 3.48. The normalized spacial score (nSPS) is 11.3. The Labute approximate surface area is 203 Å². The molecular formula is C28H25N3O4. The van der Waals surface area contributed by atoms with Gasteiger partial charge in [-0.2, -0.15) is 0 Å². The van der Waals surface area contributed by atoms with Gasteiger partial charge in [0, 0.05) is 29.7 Å². The summed E-state index contributed by atoms with van der Waals surface area (Å²) in [5.74, 6) is 2.25. The Morgan fingerprint density at radius 2 is 1.51 bits per heavy atom. The third kappa shape index (κ3) is 6.68. The van der Waals surface area contributed by atoms with Crippen LogP contribution in [0.3, 0.4) is 0 Å². The highest BCUT2D eigenvalue weighted by molar-refractivity contribution is 6.04. The third-order valence-corrected chi connectivity index (χ3v) is 5.07. The summed E-state index contributed by atoms with van der Waals surface area (Å²) in [6.07, 6.45) is 7.82. The highest BCUT2D eigenvalue weighted by atomic mass is 16.3. The summed E-state index contributed by atoms with van der Waals surface area (Å²) >= 11 is 0. The van der Waals surface area contributed by atoms with Gasteiger partial charge in [-0.25, -0.2) is 0 Å². The van der Waals surface area contributed by atoms with E-state index >= 15 is 0 Å². The van der Waals surface area contributed by atoms with Crippen LogP contribution in [0.25, 0.3) is 12.2 Å². The summed E-state index contributed by atoms with van der Waals surface area (Å²) in [7, 11) is 0. The van der Waals surface area contributed by atoms with Gasteiger partial charge in [-0.05, 0) is 86.7 Å². The van der Waals surface area contributed by atoms with Gasteiger partial charge in [-0.1, -0.05) is 6.07 Å². The lowest BCUT2D eigenvalue weighted by atomic mass is 10.2. The smallest absolute Gasteiger partial charge is 0.251 e. The topological polar surface area (TPSA) is 88.6 Å². The van der Waals surface area contributed by atoms with Gasteiger partial charge in [-0.3, -0.25) is 14.6 Å². The largest absolute Gasteiger partial charge is 0.462 e. The molecule has 0 fully saturated rings. The monoisotopic (exact) mass is 467 g/mol. The van der Waals surface area contributed by atoms with E-state index in [1.165, 1.54) is 12.2 Å². The van der Waals surface area contributed by atoms with E-state index in [2.05, 4.69) is 10.3 Å². The number of hydrogen-bond acceptors (Lipinski definition) is 5. The molecule has 0 bridgehead atoms. The van der Waals surface area contributed by atoms with E-state index in [1.54, 1.807) is 59.6 Å². The van der Waals surface area contributed by atoms with Gasteiger partial charge in [0.1, 0.15) is 23.0 Å². The first kappa shape index (κ1) is 23.5. The van der Waals surface area contributed by atoms with Gasteiger partial charge in [0.15, 0.2) is 0 Å². The Balaban J connectivity index is 1.48. The number of nitrogens with zero attached hydrogens (tertiary/aromatic N) is 2. The van der Waals surface area contributed by atoms with Gasteiger partial charge >= 0.3 is 0 Å². The molecule has 0 aliphatic carbocycles. The lowest BCUT2D eigenvalue weighted by Gasteiger charge is -2.21. The number of amides is 2. The molecule has 4 rings (SSSR count). The minimum Gasteiger partial charge on any atom is -0.462 e. The van der Waals surface area contributed by atoms with Crippen molar-refractivity contribution >= 4 is 35.3 Å². The number of pyridine rings is 1. The molecule has 176 valence electrons. The minimum atomic E-state index is -0.287. The Morgan fingerprint density at radius 1 is 0.857 bits per heavy atom. The second-order valence-corrected chi connectivity index (χ2v) is 7.85. The standard InChI is InChI=1S/C28H25N3O4/c1-20-6-12-25(34-20)14-16-27(32)30-22-8-10-24(11-9-22)31(19-23-5-3-4-18-29-23)28(33)17-15-26-13-7-21(2)35-26/h3-18H,19H2,1-2H3,(H,30,32)/b16-14+,17-15+. The molecule has 0 aliphatic rings. The van der Waals surface area contributed by atoms with Crippen molar-refractivity contribution in [3.8, 4) is 0 Å². The summed E-state index contributed by atoms with van der Waals surface area (Å²) in [4.78, 5) is 31.3. The Morgan fingerprint density at radius 3 is 2.09 bits per heavy atom. The molecule has 3 aromatic heterocycles. The van der Waals surface area contributed by atoms with E-state index in [1.807, 2.05) is 44.2 Å². The lowest BCUT2D eigenvalue weighted by molar-refractivity contribution is -0.114. The van der Waals surface area contributed by atoms with Gasteiger partial charge < -0.3 is 19.1 Å². The molecule has 2 amide bonds. The molecule has 0 aliphatic heterocycles. The Hall–Kier alpha value is -4.65. The molecule has 0 unspecified atom stereocenters. The first-order chi connectivity index (χ1) is 17.0. The predicted molar refractivity (Wildman–Crippen MR) is 135 cm³/mol. The van der Waals surface area contributed by atoms with Crippen LogP contribution < -0.4 is 10.2 Å². The summed E-state index contributed by atoms with van der Waals surface area (Å²) in [5.41, 5.74) is 2.02. The van der Waals surface area contributed by atoms with Crippen molar-refractivity contribution in [2.75, 3.05) is 10.2 Å². The van der Waals surface area contributed by atoms with E-state index in [0.29, 0.717) is 22.9 Å². The van der Waals surface area contributed by atoms with Crippen LogP contribution in [0.5, 0.6) is 0 Å². The second-order valence-electron chi connectivity index (χ2n) is 7.85. The third-order valence-electron chi connectivity index (χ3n) is 5.07. The summed E-state index contributed by atoms with van der Waals surface area (Å²) in [6, 6.07) is 19.9. The molecule has 35 heavy (non-hydrogen) atoms. The van der Waals surface area contributed by atoms with Crippen molar-refractivity contribution in [2.24, 2.45) is 0 Å². The maximum atomic E-state index is 13.1. The molecule has 0 radical (unpaired) electrons. The first-order valence-corrected chi connectivity index (χ1v) is 11.1. The number of carbonyl (C=O) groups is 2. The summed E-state index contributed by atoms with van der Waals surface area (Å²) < 4.78 is 10.9. The highest BCUT2D eigenvalue weighted by Gasteiger charge is 2.15. The number of rotatable bonds is 8. The number of carbonyl (C=O) groups excluding carboxylic acids is 2. The molecule has 0 atom stereocenters. The zero-order valence-electron chi connectivity index (χ0n) is 19.5. The zero-order valence-corrected chi connectivity index (χ0v) is 19.5. The minimum absolute atomic E-state index is 0.224. The van der Waals surface area contributed by atoms with E-state index < -0.39 is 0 Å². The molecule has 0 spiro atoms. The fourth-order valence-corrected chi connectivity index (χ4v) is 3.35. The van der Waals surface area contributed by atoms with Gasteiger partial charge in [0.25, 0.3) is 5.91 Å². The van der Waals surface area contributed by atoms with E-state index in [-0.39, 0.29) is 18.4 Å². The molecule has 7 heteroatoms. The van der Waals surface area contributed by atoms with Crippen molar-refractivity contribution in [3.05, 3.63) is 114 Å². The number of furan rings is 2. The van der Waals surface area contributed by atoms with Crippen LogP contribution in [0.4, 0.5) is 11.4 Å². The number of benzene rings is 1. The number of aryl methyl sites for hydroxylation is 2. The molecule has 7 nitrogen and oxygen atoms in total. The quantitative estimate of drug-likeness (QED) is 0.332. The SMILES string of the molecule is Cc1ccc(/C=C/C(=O)Nc2ccc(N(Cc3ccccn3)C(=O)/C=C/c3ccc(C)o3)cc2)o1. The Kier molecular flexibility index (Phi) is 7.37. The molecule has 4 aromatic rings. The molecule has 1 aromatic carbocycles. The van der Waals surface area contributed by atoms with Gasteiger partial charge in [0.05, 0.1) is 12.2 Å². The van der Waals surface area contributed by atoms with E-state index in [9.17, 15) is 9.59 Å². The van der Waals surface area contributed by atoms with Crippen LogP contribution in [0.2, 0.25) is 0 Å². The summed E-state index contributed by atoms with van der Waals surface area (Å²) in [5, 5.41) is 2.80. The number of aromatic nitrogens is 1. The van der Waals surface area contributed by atoms with Crippen LogP contribution in [0.15, 0.2) is 93.9 Å². The van der Waals surface area contributed by atoms with Crippen molar-refractivity contribution < 1.29 is 18.4 Å². The van der Waals surface area contributed by atoms with Crippen LogP contribution in [-0.2, 0) is 16.1 Å². The van der Waals surface area contributed by atoms with Crippen LogP contribution in [0.1, 0.15) is 28.7 Å². The fourth-order valence-electron chi connectivity index (χ4n) is 3.35. The predicted octanol–water partition coefficient (Wildman–Crippen LogP) is 5.78. The molecular weight excluding hydrogens is 442 g/mol. The zero-order chi connectivity index (χ0) is 24.6. The maximum absolute atomic E-state index is 13.1. The van der Waals surface area contributed by atoms with Gasteiger partial charge in [0.2, 0.25) is 5.91 Å². The number of anilines is 2. The molecule has 0 saturated carbocycles. The van der Waals surface area contributed by atoms with Crippen LogP contribution in [0, 0.1) is 13.8 Å². The maximum Gasteiger partial charge on any atom is 0.251 e. The van der Waals surface area contributed by atoms with Crippen LogP contribution in [-0.4, -0.2) is 16.8 Å². The van der Waals surface area contributed by atoms with Crippen molar-refractivity contribution in [2.45, 2.75) is 20.4 Å². The van der Waals surface area contributed by atoms with Crippen molar-refractivity contribution in [1.29, 1.82) is 0 Å². The first-order valence-electron chi connectivity index (χ1n) is 11.1. The molecule has 3 heterocycles. The Bertz CT molecular complexity index is 1350. The van der Waals surface area contributed by atoms with E-state index in [4.69, 9.17) is 8.83 Å². The molecule has 1 N–H and O–H groups in total. The van der Waals surface area contributed by atoms with Crippen molar-refractivity contribution in [1.82, 2.24) is 4.98 Å². The number of hydrogen-bond donors (Lipinski definition) is 1. The number of nitrogens with one attached hydrogen (secondary N) is 1. The fraction of sp³-hybridized carbons (Fsp3) is 0.107. The van der Waals surface area contributed by atoms with E-state index in [0.717, 1.165) is 17.2 Å².